The van der Waals surface area contributed by atoms with Crippen LogP contribution in [0.3, 0.4) is 0 Å². The maximum absolute atomic E-state index is 5.75. The molecule has 0 spiro atoms. The Balaban J connectivity index is 2.05. The highest BCUT2D eigenvalue weighted by Crippen LogP contribution is 2.30. The zero-order valence-corrected chi connectivity index (χ0v) is 11.3. The fraction of sp³-hybridized carbons (Fsp3) is 0.538. The molecule has 1 aromatic carbocycles. The van der Waals surface area contributed by atoms with Crippen LogP contribution in [0.25, 0.3) is 0 Å². The number of hydrogen-bond donors (Lipinski definition) is 1. The molecule has 3 heteroatoms. The summed E-state index contributed by atoms with van der Waals surface area (Å²) in [5.74, 6) is 0. The molecular formula is C13H19BrN2. The lowest BCUT2D eigenvalue weighted by Gasteiger charge is -2.22. The van der Waals surface area contributed by atoms with Gasteiger partial charge in [0.2, 0.25) is 0 Å². The number of hydrogen-bond acceptors (Lipinski definition) is 2. The molecule has 0 radical (unpaired) electrons. The summed E-state index contributed by atoms with van der Waals surface area (Å²) in [4.78, 5) is 2.58. The lowest BCUT2D eigenvalue weighted by atomic mass is 10.2. The summed E-state index contributed by atoms with van der Waals surface area (Å²) in [5.41, 5.74) is 7.91. The fourth-order valence-electron chi connectivity index (χ4n) is 2.03. The summed E-state index contributed by atoms with van der Waals surface area (Å²) >= 11 is 3.59. The van der Waals surface area contributed by atoms with E-state index in [1.54, 1.807) is 0 Å². The van der Waals surface area contributed by atoms with Crippen molar-refractivity contribution in [2.24, 2.45) is 0 Å². The molecule has 2 nitrogen and oxygen atoms in total. The molecule has 0 heterocycles. The minimum atomic E-state index is 0.823. The van der Waals surface area contributed by atoms with E-state index >= 15 is 0 Å². The quantitative estimate of drug-likeness (QED) is 0.839. The van der Waals surface area contributed by atoms with E-state index in [9.17, 15) is 0 Å². The van der Waals surface area contributed by atoms with Gasteiger partial charge in [-0.2, -0.15) is 0 Å². The number of rotatable bonds is 5. The smallest absolute Gasteiger partial charge is 0.0325 e. The zero-order valence-electron chi connectivity index (χ0n) is 9.75. The molecule has 1 aliphatic carbocycles. The zero-order chi connectivity index (χ0) is 11.5. The van der Waals surface area contributed by atoms with E-state index in [0.717, 1.165) is 22.7 Å². The molecule has 0 amide bonds. The standard InChI is InChI=1S/C13H19BrN2/c1-2-7-16(12-5-6-12)9-10-3-4-11(15)8-13(10)14/h3-4,8,12H,2,5-7,9,15H2,1H3. The van der Waals surface area contributed by atoms with Gasteiger partial charge in [-0.15, -0.1) is 0 Å². The third-order valence-corrected chi connectivity index (χ3v) is 3.76. The SMILES string of the molecule is CCCN(Cc1ccc(N)cc1Br)C1CC1. The summed E-state index contributed by atoms with van der Waals surface area (Å²) < 4.78 is 1.13. The molecule has 0 unspecified atom stereocenters. The van der Waals surface area contributed by atoms with Crippen LogP contribution in [0.5, 0.6) is 0 Å². The van der Waals surface area contributed by atoms with Crippen LogP contribution < -0.4 is 5.73 Å². The Labute approximate surface area is 106 Å². The van der Waals surface area contributed by atoms with Gasteiger partial charge in [-0.05, 0) is 43.5 Å². The van der Waals surface area contributed by atoms with Crippen molar-refractivity contribution in [1.29, 1.82) is 0 Å². The van der Waals surface area contributed by atoms with Crippen LogP contribution in [-0.2, 0) is 6.54 Å². The molecule has 2 N–H and O–H groups in total. The average Bonchev–Trinajstić information content (AvgIpc) is 3.04. The summed E-state index contributed by atoms with van der Waals surface area (Å²) in [7, 11) is 0. The molecule has 0 aromatic heterocycles. The Hall–Kier alpha value is -0.540. The Morgan fingerprint density at radius 2 is 2.19 bits per heavy atom. The molecule has 16 heavy (non-hydrogen) atoms. The van der Waals surface area contributed by atoms with Crippen LogP contribution >= 0.6 is 15.9 Å². The molecule has 0 bridgehead atoms. The maximum atomic E-state index is 5.75. The number of nitrogen functional groups attached to an aromatic ring is 1. The van der Waals surface area contributed by atoms with Gasteiger partial charge in [-0.3, -0.25) is 4.90 Å². The van der Waals surface area contributed by atoms with E-state index in [1.807, 2.05) is 12.1 Å². The van der Waals surface area contributed by atoms with Crippen molar-refractivity contribution in [3.8, 4) is 0 Å². The van der Waals surface area contributed by atoms with E-state index < -0.39 is 0 Å². The first kappa shape index (κ1) is 11.9. The fourth-order valence-corrected chi connectivity index (χ4v) is 2.55. The van der Waals surface area contributed by atoms with Crippen LogP contribution in [0, 0.1) is 0 Å². The Bertz CT molecular complexity index is 361. The first-order valence-electron chi connectivity index (χ1n) is 5.98. The third-order valence-electron chi connectivity index (χ3n) is 3.02. The van der Waals surface area contributed by atoms with Crippen molar-refractivity contribution >= 4 is 21.6 Å². The van der Waals surface area contributed by atoms with Gasteiger partial charge in [0.25, 0.3) is 0 Å². The summed E-state index contributed by atoms with van der Waals surface area (Å²) in [5, 5.41) is 0. The normalized spacial score (nSPS) is 15.7. The van der Waals surface area contributed by atoms with Crippen LogP contribution in [-0.4, -0.2) is 17.5 Å². The van der Waals surface area contributed by atoms with Gasteiger partial charge in [0.05, 0.1) is 0 Å². The van der Waals surface area contributed by atoms with Gasteiger partial charge in [-0.1, -0.05) is 28.9 Å². The number of nitrogens with zero attached hydrogens (tertiary/aromatic N) is 1. The molecule has 0 saturated heterocycles. The van der Waals surface area contributed by atoms with E-state index in [1.165, 1.54) is 31.4 Å². The number of halogens is 1. The lowest BCUT2D eigenvalue weighted by Crippen LogP contribution is -2.26. The highest BCUT2D eigenvalue weighted by atomic mass is 79.9. The molecule has 2 rings (SSSR count). The number of benzene rings is 1. The van der Waals surface area contributed by atoms with Gasteiger partial charge in [-0.25, -0.2) is 0 Å². The van der Waals surface area contributed by atoms with E-state index in [0.29, 0.717) is 0 Å². The second kappa shape index (κ2) is 5.19. The highest BCUT2D eigenvalue weighted by Gasteiger charge is 2.28. The lowest BCUT2D eigenvalue weighted by molar-refractivity contribution is 0.255. The number of anilines is 1. The Morgan fingerprint density at radius 1 is 1.44 bits per heavy atom. The predicted molar refractivity (Wildman–Crippen MR) is 72.3 cm³/mol. The van der Waals surface area contributed by atoms with Crippen LogP contribution in [0.15, 0.2) is 22.7 Å². The molecule has 1 saturated carbocycles. The van der Waals surface area contributed by atoms with Gasteiger partial charge in [0.15, 0.2) is 0 Å². The second-order valence-corrected chi connectivity index (χ2v) is 5.41. The maximum Gasteiger partial charge on any atom is 0.0325 e. The summed E-state index contributed by atoms with van der Waals surface area (Å²) in [6.07, 6.45) is 3.96. The van der Waals surface area contributed by atoms with Crippen molar-refractivity contribution in [1.82, 2.24) is 4.90 Å². The van der Waals surface area contributed by atoms with Crippen molar-refractivity contribution in [2.75, 3.05) is 12.3 Å². The summed E-state index contributed by atoms with van der Waals surface area (Å²) in [6.45, 7) is 4.48. The van der Waals surface area contributed by atoms with E-state index in [-0.39, 0.29) is 0 Å². The molecule has 0 aliphatic heterocycles. The molecule has 0 atom stereocenters. The van der Waals surface area contributed by atoms with Crippen molar-refractivity contribution in [3.63, 3.8) is 0 Å². The van der Waals surface area contributed by atoms with Crippen molar-refractivity contribution in [2.45, 2.75) is 38.8 Å². The minimum Gasteiger partial charge on any atom is -0.399 e. The second-order valence-electron chi connectivity index (χ2n) is 4.55. The van der Waals surface area contributed by atoms with Gasteiger partial charge in [0.1, 0.15) is 0 Å². The topological polar surface area (TPSA) is 29.3 Å². The minimum absolute atomic E-state index is 0.823. The predicted octanol–water partition coefficient (Wildman–Crippen LogP) is 3.41. The summed E-state index contributed by atoms with van der Waals surface area (Å²) in [6, 6.07) is 6.93. The Morgan fingerprint density at radius 3 is 2.75 bits per heavy atom. The molecule has 88 valence electrons. The third kappa shape index (κ3) is 2.98. The van der Waals surface area contributed by atoms with Gasteiger partial charge >= 0.3 is 0 Å². The molecule has 1 aromatic rings. The van der Waals surface area contributed by atoms with Crippen LogP contribution in [0.1, 0.15) is 31.7 Å². The van der Waals surface area contributed by atoms with E-state index in [2.05, 4.69) is 33.8 Å². The van der Waals surface area contributed by atoms with Gasteiger partial charge in [0, 0.05) is 22.7 Å². The van der Waals surface area contributed by atoms with E-state index in [4.69, 9.17) is 5.73 Å². The largest absolute Gasteiger partial charge is 0.399 e. The molecular weight excluding hydrogens is 264 g/mol. The molecule has 1 fully saturated rings. The first-order valence-corrected chi connectivity index (χ1v) is 6.78. The monoisotopic (exact) mass is 282 g/mol. The van der Waals surface area contributed by atoms with Crippen molar-refractivity contribution < 1.29 is 0 Å². The van der Waals surface area contributed by atoms with Crippen LogP contribution in [0.4, 0.5) is 5.69 Å². The number of nitrogens with two attached hydrogens (primary N) is 1. The van der Waals surface area contributed by atoms with Crippen LogP contribution in [0.2, 0.25) is 0 Å². The average molecular weight is 283 g/mol. The van der Waals surface area contributed by atoms with Crippen molar-refractivity contribution in [3.05, 3.63) is 28.2 Å². The molecule has 1 aliphatic rings. The Kier molecular flexibility index (Phi) is 3.87. The highest BCUT2D eigenvalue weighted by molar-refractivity contribution is 9.10. The first-order chi connectivity index (χ1) is 7.70. The van der Waals surface area contributed by atoms with Gasteiger partial charge < -0.3 is 5.73 Å².